The molecule has 1 aromatic rings. The van der Waals surface area contributed by atoms with Crippen molar-refractivity contribution in [2.45, 2.75) is 26.8 Å². The summed E-state index contributed by atoms with van der Waals surface area (Å²) in [5.41, 5.74) is -0.815. The topological polar surface area (TPSA) is 28.2 Å². The Hall–Kier alpha value is -1.37. The Kier molecular flexibility index (Phi) is 5.53. The Balaban J connectivity index is 2.87. The van der Waals surface area contributed by atoms with Gasteiger partial charge in [0.15, 0.2) is 0 Å². The maximum Gasteiger partial charge on any atom is 0.253 e. The number of aromatic nitrogens is 1. The molecule has 0 saturated carbocycles. The summed E-state index contributed by atoms with van der Waals surface area (Å²) in [5, 5.41) is 2.45. The highest BCUT2D eigenvalue weighted by molar-refractivity contribution is 5.46. The Labute approximate surface area is 109 Å². The molecule has 1 heterocycles. The summed E-state index contributed by atoms with van der Waals surface area (Å²) in [6.07, 6.45) is 0. The first-order chi connectivity index (χ1) is 8.90. The zero-order valence-electron chi connectivity index (χ0n) is 11.1. The van der Waals surface area contributed by atoms with E-state index >= 15 is 0 Å². The Morgan fingerprint density at radius 3 is 1.95 bits per heavy atom. The number of anilines is 1. The van der Waals surface area contributed by atoms with Crippen LogP contribution in [0.1, 0.15) is 20.8 Å². The molecule has 0 amide bonds. The van der Waals surface area contributed by atoms with Crippen LogP contribution in [0.15, 0.2) is 0 Å². The fraction of sp³-hybridized carbons (Fsp3) is 0.583. The van der Waals surface area contributed by atoms with Crippen molar-refractivity contribution in [2.75, 3.05) is 25.0 Å². The standard InChI is InChI=1S/C12H17F4N3/c1-4-19(5-2)6-7(3)17-10-8(13)11(15)18-12(16)9(10)14/h7H,4-6H2,1-3H3,(H,17,18). The van der Waals surface area contributed by atoms with E-state index in [1.807, 2.05) is 18.7 Å². The highest BCUT2D eigenvalue weighted by Crippen LogP contribution is 2.22. The minimum absolute atomic E-state index is 0.370. The van der Waals surface area contributed by atoms with Gasteiger partial charge < -0.3 is 10.2 Å². The van der Waals surface area contributed by atoms with Crippen LogP contribution in [0.2, 0.25) is 0 Å². The summed E-state index contributed by atoms with van der Waals surface area (Å²) in [5.74, 6) is -6.33. The molecule has 108 valence electrons. The zero-order valence-corrected chi connectivity index (χ0v) is 11.1. The summed E-state index contributed by atoms with van der Waals surface area (Å²) in [6.45, 7) is 7.61. The first-order valence-electron chi connectivity index (χ1n) is 6.09. The molecule has 3 nitrogen and oxygen atoms in total. The van der Waals surface area contributed by atoms with Gasteiger partial charge in [0.1, 0.15) is 5.69 Å². The lowest BCUT2D eigenvalue weighted by Crippen LogP contribution is -2.35. The van der Waals surface area contributed by atoms with E-state index < -0.39 is 29.2 Å². The molecule has 0 fully saturated rings. The van der Waals surface area contributed by atoms with Gasteiger partial charge in [-0.15, -0.1) is 0 Å². The SMILES string of the molecule is CCN(CC)CC(C)Nc1c(F)c(F)nc(F)c1F. The molecule has 1 aromatic heterocycles. The second-order valence-corrected chi connectivity index (χ2v) is 4.23. The molecule has 0 spiro atoms. The number of nitrogens with zero attached hydrogens (tertiary/aromatic N) is 2. The molecule has 19 heavy (non-hydrogen) atoms. The lowest BCUT2D eigenvalue weighted by atomic mass is 10.2. The minimum Gasteiger partial charge on any atom is -0.376 e. The summed E-state index contributed by atoms with van der Waals surface area (Å²) in [4.78, 5) is 4.52. The van der Waals surface area contributed by atoms with Crippen LogP contribution in [-0.4, -0.2) is 35.6 Å². The zero-order chi connectivity index (χ0) is 14.6. The van der Waals surface area contributed by atoms with Crippen molar-refractivity contribution in [1.29, 1.82) is 0 Å². The number of rotatable bonds is 6. The summed E-state index contributed by atoms with van der Waals surface area (Å²) in [6, 6.07) is -0.370. The molecular weight excluding hydrogens is 262 g/mol. The van der Waals surface area contributed by atoms with E-state index in [0.29, 0.717) is 6.54 Å². The van der Waals surface area contributed by atoms with E-state index in [0.717, 1.165) is 13.1 Å². The number of halogens is 4. The lowest BCUT2D eigenvalue weighted by Gasteiger charge is -2.24. The third-order valence-corrected chi connectivity index (χ3v) is 2.81. The molecule has 1 N–H and O–H groups in total. The smallest absolute Gasteiger partial charge is 0.253 e. The monoisotopic (exact) mass is 279 g/mol. The van der Waals surface area contributed by atoms with E-state index in [1.165, 1.54) is 0 Å². The van der Waals surface area contributed by atoms with Crippen molar-refractivity contribution < 1.29 is 17.6 Å². The minimum atomic E-state index is -1.66. The van der Waals surface area contributed by atoms with E-state index in [2.05, 4.69) is 10.3 Å². The second-order valence-electron chi connectivity index (χ2n) is 4.23. The normalized spacial score (nSPS) is 12.8. The predicted molar refractivity (Wildman–Crippen MR) is 64.9 cm³/mol. The molecule has 0 saturated heterocycles. The van der Waals surface area contributed by atoms with Crippen molar-refractivity contribution in [3.63, 3.8) is 0 Å². The molecule has 0 radical (unpaired) electrons. The van der Waals surface area contributed by atoms with Crippen molar-refractivity contribution >= 4 is 5.69 Å². The van der Waals surface area contributed by atoms with Gasteiger partial charge in [0, 0.05) is 12.6 Å². The van der Waals surface area contributed by atoms with Crippen LogP contribution in [0.4, 0.5) is 23.2 Å². The van der Waals surface area contributed by atoms with Crippen molar-refractivity contribution in [3.8, 4) is 0 Å². The fourth-order valence-electron chi connectivity index (χ4n) is 1.77. The van der Waals surface area contributed by atoms with Crippen LogP contribution in [0.3, 0.4) is 0 Å². The van der Waals surface area contributed by atoms with Crippen LogP contribution in [-0.2, 0) is 0 Å². The van der Waals surface area contributed by atoms with Gasteiger partial charge in [-0.05, 0) is 20.0 Å². The molecule has 0 bridgehead atoms. The number of hydrogen-bond acceptors (Lipinski definition) is 3. The van der Waals surface area contributed by atoms with Crippen LogP contribution in [0.25, 0.3) is 0 Å². The van der Waals surface area contributed by atoms with Crippen molar-refractivity contribution in [2.24, 2.45) is 0 Å². The first kappa shape index (κ1) is 15.7. The van der Waals surface area contributed by atoms with Crippen LogP contribution in [0, 0.1) is 23.5 Å². The second kappa shape index (κ2) is 6.70. The molecule has 0 aliphatic carbocycles. The maximum absolute atomic E-state index is 13.4. The maximum atomic E-state index is 13.4. The lowest BCUT2D eigenvalue weighted by molar-refractivity contribution is 0.294. The number of nitrogens with one attached hydrogen (secondary N) is 1. The third kappa shape index (κ3) is 3.79. The van der Waals surface area contributed by atoms with Crippen LogP contribution >= 0.6 is 0 Å². The highest BCUT2D eigenvalue weighted by atomic mass is 19.2. The molecule has 1 atom stereocenters. The molecule has 0 aromatic carbocycles. The van der Waals surface area contributed by atoms with Crippen LogP contribution in [0.5, 0.6) is 0 Å². The first-order valence-corrected chi connectivity index (χ1v) is 6.09. The summed E-state index contributed by atoms with van der Waals surface area (Å²) in [7, 11) is 0. The highest BCUT2D eigenvalue weighted by Gasteiger charge is 2.22. The third-order valence-electron chi connectivity index (χ3n) is 2.81. The van der Waals surface area contributed by atoms with Gasteiger partial charge in [0.25, 0.3) is 11.9 Å². The van der Waals surface area contributed by atoms with Gasteiger partial charge in [0.05, 0.1) is 0 Å². The predicted octanol–water partition coefficient (Wildman–Crippen LogP) is 2.78. The number of likely N-dealkylation sites (N-methyl/N-ethyl adjacent to an activating group) is 1. The average molecular weight is 279 g/mol. The largest absolute Gasteiger partial charge is 0.376 e. The number of hydrogen-bond donors (Lipinski definition) is 1. The van der Waals surface area contributed by atoms with Gasteiger partial charge in [0.2, 0.25) is 11.6 Å². The molecule has 0 aliphatic heterocycles. The van der Waals surface area contributed by atoms with Gasteiger partial charge in [-0.1, -0.05) is 13.8 Å². The van der Waals surface area contributed by atoms with E-state index in [9.17, 15) is 17.6 Å². The Morgan fingerprint density at radius 2 is 1.53 bits per heavy atom. The molecule has 1 unspecified atom stereocenters. The molecule has 1 rings (SSSR count). The summed E-state index contributed by atoms with van der Waals surface area (Å²) < 4.78 is 52.6. The van der Waals surface area contributed by atoms with Gasteiger partial charge >= 0.3 is 0 Å². The average Bonchev–Trinajstić information content (AvgIpc) is 2.38. The van der Waals surface area contributed by atoms with Crippen molar-refractivity contribution in [1.82, 2.24) is 9.88 Å². The van der Waals surface area contributed by atoms with Gasteiger partial charge in [-0.25, -0.2) is 0 Å². The number of pyridine rings is 1. The summed E-state index contributed by atoms with van der Waals surface area (Å²) >= 11 is 0. The fourth-order valence-corrected chi connectivity index (χ4v) is 1.77. The molecular formula is C12H17F4N3. The Bertz CT molecular complexity index is 409. The molecule has 7 heteroatoms. The van der Waals surface area contributed by atoms with E-state index in [4.69, 9.17) is 0 Å². The molecule has 0 aliphatic rings. The quantitative estimate of drug-likeness (QED) is 0.641. The van der Waals surface area contributed by atoms with Crippen molar-refractivity contribution in [3.05, 3.63) is 23.5 Å². The van der Waals surface area contributed by atoms with E-state index in [-0.39, 0.29) is 6.04 Å². The van der Waals surface area contributed by atoms with E-state index in [1.54, 1.807) is 6.92 Å². The van der Waals surface area contributed by atoms with Crippen LogP contribution < -0.4 is 5.32 Å². The Morgan fingerprint density at radius 1 is 1.05 bits per heavy atom. The van der Waals surface area contributed by atoms with Gasteiger partial charge in [-0.3, -0.25) is 0 Å². The van der Waals surface area contributed by atoms with Gasteiger partial charge in [-0.2, -0.15) is 22.5 Å².